The van der Waals surface area contributed by atoms with Crippen molar-refractivity contribution in [2.45, 2.75) is 0 Å². The summed E-state index contributed by atoms with van der Waals surface area (Å²) >= 11 is 0. The summed E-state index contributed by atoms with van der Waals surface area (Å²) in [5.74, 6) is 0. The Hall–Kier alpha value is -6.19. The van der Waals surface area contributed by atoms with Gasteiger partial charge in [-0.3, -0.25) is 0 Å². The predicted molar refractivity (Wildman–Crippen MR) is 192 cm³/mol. The largest absolute Gasteiger partial charge is 0.437 e. The van der Waals surface area contributed by atoms with Gasteiger partial charge in [0, 0.05) is 23.0 Å². The van der Waals surface area contributed by atoms with E-state index in [9.17, 15) is 0 Å². The number of fused-ring (bicyclic) bond motifs is 6. The van der Waals surface area contributed by atoms with Gasteiger partial charge in [0.15, 0.2) is 0 Å². The Bertz CT molecular complexity index is 2510. The first kappa shape index (κ1) is 26.2. The third kappa shape index (κ3) is 4.33. The van der Waals surface area contributed by atoms with Gasteiger partial charge in [0.2, 0.25) is 5.71 Å². The number of hydrogen-bond acceptors (Lipinski definition) is 3. The van der Waals surface area contributed by atoms with E-state index in [1.165, 1.54) is 33.0 Å². The van der Waals surface area contributed by atoms with Crippen LogP contribution in [0.3, 0.4) is 0 Å². The van der Waals surface area contributed by atoms with Gasteiger partial charge >= 0.3 is 0 Å². The van der Waals surface area contributed by atoms with E-state index >= 15 is 0 Å². The van der Waals surface area contributed by atoms with Gasteiger partial charge in [0.05, 0.1) is 16.5 Å². The van der Waals surface area contributed by atoms with Gasteiger partial charge < -0.3 is 9.32 Å². The average Bonchev–Trinajstić information content (AvgIpc) is 3.53. The minimum Gasteiger partial charge on any atom is -0.437 e. The average molecular weight is 589 g/mol. The highest BCUT2D eigenvalue weighted by Crippen LogP contribution is 2.46. The number of pyridine rings is 1. The zero-order chi connectivity index (χ0) is 30.5. The van der Waals surface area contributed by atoms with E-state index < -0.39 is 0 Å². The van der Waals surface area contributed by atoms with Crippen LogP contribution in [0.4, 0.5) is 17.1 Å². The molecule has 0 atom stereocenters. The summed E-state index contributed by atoms with van der Waals surface area (Å²) < 4.78 is 6.49. The van der Waals surface area contributed by atoms with Crippen LogP contribution in [0, 0.1) is 0 Å². The number of aromatic nitrogens is 1. The van der Waals surface area contributed by atoms with E-state index in [0.717, 1.165) is 44.2 Å². The highest BCUT2D eigenvalue weighted by atomic mass is 16.3. The van der Waals surface area contributed by atoms with Crippen LogP contribution in [0.25, 0.3) is 65.9 Å². The smallest absolute Gasteiger partial charge is 0.227 e. The fourth-order valence-electron chi connectivity index (χ4n) is 6.73. The van der Waals surface area contributed by atoms with Crippen molar-refractivity contribution in [2.75, 3.05) is 4.90 Å². The van der Waals surface area contributed by atoms with E-state index in [4.69, 9.17) is 4.42 Å². The SMILES string of the molecule is c1ccc(-c2ccc(N(c3ccc(-c4cccc5ccccc45)cc3)c3cc4ccccc4c4oc5ncccc5c34)cc2)cc1. The molecule has 3 nitrogen and oxygen atoms in total. The molecule has 2 aromatic heterocycles. The second-order valence-corrected chi connectivity index (χ2v) is 11.6. The summed E-state index contributed by atoms with van der Waals surface area (Å²) in [6, 6.07) is 58.1. The number of hydrogen-bond donors (Lipinski definition) is 0. The summed E-state index contributed by atoms with van der Waals surface area (Å²) in [7, 11) is 0. The van der Waals surface area contributed by atoms with Crippen molar-refractivity contribution >= 4 is 60.7 Å². The van der Waals surface area contributed by atoms with Crippen molar-refractivity contribution in [3.05, 3.63) is 170 Å². The molecule has 216 valence electrons. The van der Waals surface area contributed by atoms with Gasteiger partial charge in [0.25, 0.3) is 0 Å². The van der Waals surface area contributed by atoms with Crippen LogP contribution in [0.2, 0.25) is 0 Å². The fraction of sp³-hybridized carbons (Fsp3) is 0. The molecular weight excluding hydrogens is 560 g/mol. The van der Waals surface area contributed by atoms with Crippen molar-refractivity contribution in [3.63, 3.8) is 0 Å². The molecule has 0 aliphatic heterocycles. The summed E-state index contributed by atoms with van der Waals surface area (Å²) in [5.41, 5.74) is 9.44. The molecule has 0 unspecified atom stereocenters. The predicted octanol–water partition coefficient (Wildman–Crippen LogP) is 12.1. The van der Waals surface area contributed by atoms with E-state index in [2.05, 4.69) is 168 Å². The van der Waals surface area contributed by atoms with Crippen LogP contribution in [-0.4, -0.2) is 4.98 Å². The molecule has 3 heteroatoms. The summed E-state index contributed by atoms with van der Waals surface area (Å²) in [4.78, 5) is 6.95. The third-order valence-electron chi connectivity index (χ3n) is 8.92. The molecule has 0 amide bonds. The maximum atomic E-state index is 6.49. The quantitative estimate of drug-likeness (QED) is 0.200. The zero-order valence-corrected chi connectivity index (χ0v) is 25.0. The Morgan fingerprint density at radius 1 is 0.457 bits per heavy atom. The topological polar surface area (TPSA) is 29.3 Å². The first-order valence-corrected chi connectivity index (χ1v) is 15.5. The van der Waals surface area contributed by atoms with E-state index in [1.807, 2.05) is 6.07 Å². The van der Waals surface area contributed by atoms with Crippen LogP contribution >= 0.6 is 0 Å². The fourth-order valence-corrected chi connectivity index (χ4v) is 6.73. The molecule has 0 fully saturated rings. The standard InChI is InChI=1S/C43H28N2O/c1-2-10-29(11-3-1)30-19-23-34(24-20-30)45(35-25-21-32(22-26-35)37-17-8-14-31-12-4-6-15-36(31)37)40-28-33-13-5-7-16-38(33)42-41(40)39-18-9-27-44-43(39)46-42/h1-28H. The molecule has 0 N–H and O–H groups in total. The Kier molecular flexibility index (Phi) is 6.14. The molecule has 0 bridgehead atoms. The van der Waals surface area contributed by atoms with Crippen molar-refractivity contribution in [3.8, 4) is 22.3 Å². The highest BCUT2D eigenvalue weighted by molar-refractivity contribution is 6.21. The number of nitrogens with zero attached hydrogens (tertiary/aromatic N) is 2. The first-order valence-electron chi connectivity index (χ1n) is 15.5. The molecule has 0 aliphatic rings. The van der Waals surface area contributed by atoms with Crippen molar-refractivity contribution in [1.82, 2.24) is 4.98 Å². The normalized spacial score (nSPS) is 11.5. The molecule has 0 radical (unpaired) electrons. The van der Waals surface area contributed by atoms with Gasteiger partial charge in [-0.05, 0) is 80.9 Å². The Balaban J connectivity index is 1.27. The van der Waals surface area contributed by atoms with E-state index in [0.29, 0.717) is 5.71 Å². The lowest BCUT2D eigenvalue weighted by Crippen LogP contribution is -2.10. The lowest BCUT2D eigenvalue weighted by Gasteiger charge is -2.27. The highest BCUT2D eigenvalue weighted by Gasteiger charge is 2.22. The van der Waals surface area contributed by atoms with Gasteiger partial charge in [-0.25, -0.2) is 4.98 Å². The number of furan rings is 1. The van der Waals surface area contributed by atoms with Crippen LogP contribution in [0.15, 0.2) is 174 Å². The first-order chi connectivity index (χ1) is 22.8. The number of anilines is 3. The second kappa shape index (κ2) is 10.8. The Morgan fingerprint density at radius 2 is 1.07 bits per heavy atom. The molecule has 0 aliphatic carbocycles. The molecule has 2 heterocycles. The second-order valence-electron chi connectivity index (χ2n) is 11.6. The lowest BCUT2D eigenvalue weighted by molar-refractivity contribution is 0.657. The lowest BCUT2D eigenvalue weighted by atomic mass is 9.97. The number of rotatable bonds is 5. The third-order valence-corrected chi connectivity index (χ3v) is 8.92. The molecule has 9 aromatic rings. The molecule has 0 spiro atoms. The molecule has 46 heavy (non-hydrogen) atoms. The maximum Gasteiger partial charge on any atom is 0.227 e. The number of benzene rings is 7. The van der Waals surface area contributed by atoms with Crippen molar-refractivity contribution in [1.29, 1.82) is 0 Å². The van der Waals surface area contributed by atoms with E-state index in [1.54, 1.807) is 6.20 Å². The van der Waals surface area contributed by atoms with Gasteiger partial charge in [-0.2, -0.15) is 0 Å². The molecule has 0 saturated carbocycles. The minimum absolute atomic E-state index is 0.640. The summed E-state index contributed by atoms with van der Waals surface area (Å²) in [6.07, 6.45) is 1.79. The molecule has 0 saturated heterocycles. The van der Waals surface area contributed by atoms with Crippen molar-refractivity contribution < 1.29 is 4.42 Å². The van der Waals surface area contributed by atoms with Crippen LogP contribution < -0.4 is 4.90 Å². The van der Waals surface area contributed by atoms with E-state index in [-0.39, 0.29) is 0 Å². The van der Waals surface area contributed by atoms with Crippen LogP contribution in [-0.2, 0) is 0 Å². The Labute approximate surface area is 266 Å². The van der Waals surface area contributed by atoms with Crippen LogP contribution in [0.5, 0.6) is 0 Å². The van der Waals surface area contributed by atoms with Gasteiger partial charge in [-0.15, -0.1) is 0 Å². The van der Waals surface area contributed by atoms with Gasteiger partial charge in [-0.1, -0.05) is 121 Å². The van der Waals surface area contributed by atoms with Gasteiger partial charge in [0.1, 0.15) is 5.58 Å². The Morgan fingerprint density at radius 3 is 1.85 bits per heavy atom. The zero-order valence-electron chi connectivity index (χ0n) is 25.0. The summed E-state index contributed by atoms with van der Waals surface area (Å²) in [5, 5.41) is 6.72. The van der Waals surface area contributed by atoms with Crippen molar-refractivity contribution in [2.24, 2.45) is 0 Å². The maximum absolute atomic E-state index is 6.49. The molecule has 9 rings (SSSR count). The minimum atomic E-state index is 0.640. The summed E-state index contributed by atoms with van der Waals surface area (Å²) in [6.45, 7) is 0. The monoisotopic (exact) mass is 588 g/mol. The molecular formula is C43H28N2O. The van der Waals surface area contributed by atoms with Crippen LogP contribution in [0.1, 0.15) is 0 Å². The molecule has 7 aromatic carbocycles.